The Hall–Kier alpha value is -2.91. The molecular formula is C29H28O2S. The van der Waals surface area contributed by atoms with Gasteiger partial charge in [0.25, 0.3) is 0 Å². The second kappa shape index (κ2) is 7.90. The summed E-state index contributed by atoms with van der Waals surface area (Å²) in [7, 11) is 1.71. The number of thioether (sulfide) groups is 1. The summed E-state index contributed by atoms with van der Waals surface area (Å²) in [6.07, 6.45) is 3.99. The number of rotatable bonds is 5. The Bertz CT molecular complexity index is 1320. The molecule has 1 aliphatic rings. The third-order valence-corrected chi connectivity index (χ3v) is 8.01. The first-order valence-corrected chi connectivity index (χ1v) is 12.4. The molecule has 0 unspecified atom stereocenters. The molecule has 0 heterocycles. The average molecular weight is 441 g/mol. The van der Waals surface area contributed by atoms with Crippen molar-refractivity contribution in [2.24, 2.45) is 0 Å². The summed E-state index contributed by atoms with van der Waals surface area (Å²) in [4.78, 5) is 1.03. The van der Waals surface area contributed by atoms with Crippen molar-refractivity contribution in [1.82, 2.24) is 0 Å². The second-order valence-electron chi connectivity index (χ2n) is 8.49. The van der Waals surface area contributed by atoms with Gasteiger partial charge in [0.15, 0.2) is 0 Å². The van der Waals surface area contributed by atoms with Crippen molar-refractivity contribution in [3.8, 4) is 33.8 Å². The van der Waals surface area contributed by atoms with Gasteiger partial charge >= 0.3 is 0 Å². The van der Waals surface area contributed by atoms with E-state index in [1.165, 1.54) is 33.4 Å². The van der Waals surface area contributed by atoms with Crippen molar-refractivity contribution < 1.29 is 9.84 Å². The Labute approximate surface area is 194 Å². The van der Waals surface area contributed by atoms with Crippen molar-refractivity contribution in [2.75, 3.05) is 13.4 Å². The van der Waals surface area contributed by atoms with Crippen LogP contribution in [-0.4, -0.2) is 18.5 Å². The number of aromatic hydroxyl groups is 1. The topological polar surface area (TPSA) is 29.5 Å². The Kier molecular flexibility index (Phi) is 5.17. The molecule has 0 fully saturated rings. The van der Waals surface area contributed by atoms with Crippen LogP contribution in [0.4, 0.5) is 0 Å². The minimum Gasteiger partial charge on any atom is -0.507 e. The fourth-order valence-electron chi connectivity index (χ4n) is 5.52. The first-order valence-electron chi connectivity index (χ1n) is 11.2. The van der Waals surface area contributed by atoms with E-state index in [1.807, 2.05) is 12.3 Å². The fourth-order valence-corrected chi connectivity index (χ4v) is 6.10. The van der Waals surface area contributed by atoms with E-state index in [9.17, 15) is 5.11 Å². The van der Waals surface area contributed by atoms with Gasteiger partial charge in [-0.2, -0.15) is 0 Å². The summed E-state index contributed by atoms with van der Waals surface area (Å²) < 4.78 is 5.71. The van der Waals surface area contributed by atoms with Gasteiger partial charge in [0.1, 0.15) is 11.5 Å². The molecule has 2 nitrogen and oxygen atoms in total. The number of hydrogen-bond donors (Lipinski definition) is 1. The molecule has 0 bridgehead atoms. The van der Waals surface area contributed by atoms with Crippen LogP contribution in [0.25, 0.3) is 33.0 Å². The summed E-state index contributed by atoms with van der Waals surface area (Å²) in [6.45, 7) is 4.52. The zero-order valence-electron chi connectivity index (χ0n) is 19.0. The number of fused-ring (bicyclic) bond motifs is 5. The van der Waals surface area contributed by atoms with E-state index in [4.69, 9.17) is 4.74 Å². The third kappa shape index (κ3) is 2.87. The van der Waals surface area contributed by atoms with Crippen LogP contribution in [0, 0.1) is 0 Å². The molecule has 4 aromatic rings. The molecule has 0 radical (unpaired) electrons. The van der Waals surface area contributed by atoms with Crippen molar-refractivity contribution in [2.45, 2.75) is 37.0 Å². The molecule has 0 spiro atoms. The summed E-state index contributed by atoms with van der Waals surface area (Å²) in [5, 5.41) is 13.1. The predicted octanol–water partition coefficient (Wildman–Crippen LogP) is 8.03. The largest absolute Gasteiger partial charge is 0.507 e. The Morgan fingerprint density at radius 2 is 1.59 bits per heavy atom. The van der Waals surface area contributed by atoms with Crippen LogP contribution >= 0.6 is 11.8 Å². The number of methoxy groups -OCH3 is 1. The number of ether oxygens (including phenoxy) is 1. The van der Waals surface area contributed by atoms with Crippen molar-refractivity contribution in [3.63, 3.8) is 0 Å². The van der Waals surface area contributed by atoms with E-state index in [2.05, 4.69) is 74.5 Å². The maximum absolute atomic E-state index is 11.1. The lowest BCUT2D eigenvalue weighted by molar-refractivity contribution is 0.405. The highest BCUT2D eigenvalue weighted by atomic mass is 32.2. The van der Waals surface area contributed by atoms with Gasteiger partial charge in [0.2, 0.25) is 0 Å². The van der Waals surface area contributed by atoms with Gasteiger partial charge < -0.3 is 9.84 Å². The van der Waals surface area contributed by atoms with Gasteiger partial charge in [-0.25, -0.2) is 0 Å². The van der Waals surface area contributed by atoms with E-state index in [0.717, 1.165) is 34.3 Å². The molecule has 0 amide bonds. The van der Waals surface area contributed by atoms with Crippen molar-refractivity contribution >= 4 is 22.5 Å². The highest BCUT2D eigenvalue weighted by Crippen LogP contribution is 2.57. The summed E-state index contributed by atoms with van der Waals surface area (Å²) in [6, 6.07) is 23.6. The van der Waals surface area contributed by atoms with E-state index >= 15 is 0 Å². The fraction of sp³-hybridized carbons (Fsp3) is 0.241. The molecule has 4 aromatic carbocycles. The minimum atomic E-state index is -0.119. The maximum atomic E-state index is 11.1. The molecule has 0 atom stereocenters. The highest BCUT2D eigenvalue weighted by Gasteiger charge is 2.42. The van der Waals surface area contributed by atoms with Gasteiger partial charge in [-0.1, -0.05) is 56.3 Å². The zero-order valence-corrected chi connectivity index (χ0v) is 19.8. The van der Waals surface area contributed by atoms with Gasteiger partial charge in [-0.05, 0) is 82.1 Å². The summed E-state index contributed by atoms with van der Waals surface area (Å²) >= 11 is 1.63. The van der Waals surface area contributed by atoms with Crippen LogP contribution in [0.3, 0.4) is 0 Å². The molecule has 5 rings (SSSR count). The molecule has 0 saturated heterocycles. The third-order valence-electron chi connectivity index (χ3n) is 7.25. The van der Waals surface area contributed by atoms with Gasteiger partial charge in [-0.15, -0.1) is 11.8 Å². The van der Waals surface area contributed by atoms with Gasteiger partial charge in [0.05, 0.1) is 7.11 Å². The van der Waals surface area contributed by atoms with Crippen LogP contribution in [0.5, 0.6) is 11.5 Å². The smallest absolute Gasteiger partial charge is 0.133 e. The SMILES string of the molecule is CCC1(CC)c2cc(-c3ccccc3)ccc2-c2c1cc(O)c1cc(SC)c(OC)cc21. The molecule has 3 heteroatoms. The zero-order chi connectivity index (χ0) is 22.5. The molecule has 162 valence electrons. The standard InChI is InChI=1S/C29H28O2S/c1-5-29(6-2)23-14-19(18-10-8-7-9-11-18)12-13-20(23)28-22-15-26(31-3)27(32-4)16-21(22)25(30)17-24(28)29/h7-17,30H,5-6H2,1-4H3. The lowest BCUT2D eigenvalue weighted by Crippen LogP contribution is -2.23. The molecule has 32 heavy (non-hydrogen) atoms. The predicted molar refractivity (Wildman–Crippen MR) is 136 cm³/mol. The van der Waals surface area contributed by atoms with Crippen molar-refractivity contribution in [1.29, 1.82) is 0 Å². The number of phenolic OH excluding ortho intramolecular Hbond substituents is 1. The highest BCUT2D eigenvalue weighted by molar-refractivity contribution is 7.98. The lowest BCUT2D eigenvalue weighted by Gasteiger charge is -2.30. The van der Waals surface area contributed by atoms with Crippen LogP contribution in [0.15, 0.2) is 71.6 Å². The summed E-state index contributed by atoms with van der Waals surface area (Å²) in [5.74, 6) is 1.20. The Morgan fingerprint density at radius 3 is 2.25 bits per heavy atom. The minimum absolute atomic E-state index is 0.119. The molecule has 0 aromatic heterocycles. The first kappa shape index (κ1) is 21.0. The lowest BCUT2D eigenvalue weighted by atomic mass is 9.73. The Morgan fingerprint density at radius 1 is 0.844 bits per heavy atom. The summed E-state index contributed by atoms with van der Waals surface area (Å²) in [5.41, 5.74) is 7.44. The molecule has 0 saturated carbocycles. The molecule has 1 N–H and O–H groups in total. The normalized spacial score (nSPS) is 13.8. The van der Waals surface area contributed by atoms with Crippen molar-refractivity contribution in [3.05, 3.63) is 77.9 Å². The number of hydrogen-bond acceptors (Lipinski definition) is 3. The average Bonchev–Trinajstić information content (AvgIpc) is 3.12. The van der Waals surface area contributed by atoms with Gasteiger partial charge in [-0.3, -0.25) is 0 Å². The van der Waals surface area contributed by atoms with E-state index < -0.39 is 0 Å². The van der Waals surface area contributed by atoms with Crippen LogP contribution < -0.4 is 4.74 Å². The molecule has 1 aliphatic carbocycles. The van der Waals surface area contributed by atoms with Gasteiger partial charge in [0, 0.05) is 15.7 Å². The van der Waals surface area contributed by atoms with Crippen LogP contribution in [0.2, 0.25) is 0 Å². The number of benzene rings is 4. The van der Waals surface area contributed by atoms with E-state index in [1.54, 1.807) is 18.9 Å². The molecule has 0 aliphatic heterocycles. The quantitative estimate of drug-likeness (QED) is 0.319. The van der Waals surface area contributed by atoms with Crippen LogP contribution in [-0.2, 0) is 5.41 Å². The maximum Gasteiger partial charge on any atom is 0.133 e. The second-order valence-corrected chi connectivity index (χ2v) is 9.33. The van der Waals surface area contributed by atoms with E-state index in [0.29, 0.717) is 5.75 Å². The molecular weight excluding hydrogens is 412 g/mol. The van der Waals surface area contributed by atoms with E-state index in [-0.39, 0.29) is 5.41 Å². The first-order chi connectivity index (χ1) is 15.6. The Balaban J connectivity index is 1.86. The monoisotopic (exact) mass is 440 g/mol. The number of phenols is 1. The van der Waals surface area contributed by atoms with Crippen LogP contribution in [0.1, 0.15) is 37.8 Å².